The number of nitrogens with one attached hydrogen (secondary N) is 1. The third-order valence-electron chi connectivity index (χ3n) is 8.59. The van der Waals surface area contributed by atoms with Crippen LogP contribution in [0.15, 0.2) is 48.6 Å². The standard InChI is InChI=1S/C40H71NO3/c1-3-5-7-9-11-13-15-17-19-21-23-25-27-29-31-33-35-40(38-42,37-41-39(43)44)36-34-32-30-28-26-24-22-20-18-16-14-12-10-8-6-4-2/h11-14,17-20,38,41H,3-10,15-16,21-37H2,1-2H3,(H,43,44)/b13-11-,14-12-,19-17-,20-18-. The lowest BCUT2D eigenvalue weighted by Crippen LogP contribution is -2.38. The van der Waals surface area contributed by atoms with Crippen LogP contribution in [0.4, 0.5) is 4.79 Å². The number of allylic oxidation sites excluding steroid dienone is 8. The molecule has 4 heteroatoms. The number of unbranched alkanes of at least 4 members (excludes halogenated alkanes) is 18. The second kappa shape index (κ2) is 33.8. The predicted molar refractivity (Wildman–Crippen MR) is 192 cm³/mol. The molecule has 0 aliphatic carbocycles. The minimum Gasteiger partial charge on any atom is -0.465 e. The van der Waals surface area contributed by atoms with Crippen LogP contribution in [0, 0.1) is 5.41 Å². The number of hydrogen-bond acceptors (Lipinski definition) is 2. The van der Waals surface area contributed by atoms with Gasteiger partial charge in [0.15, 0.2) is 0 Å². The maximum Gasteiger partial charge on any atom is 0.404 e. The van der Waals surface area contributed by atoms with Gasteiger partial charge in [0.25, 0.3) is 0 Å². The molecule has 0 unspecified atom stereocenters. The number of amides is 1. The molecule has 0 rings (SSSR count). The van der Waals surface area contributed by atoms with Crippen LogP contribution in [0.2, 0.25) is 0 Å². The zero-order chi connectivity index (χ0) is 32.2. The quantitative estimate of drug-likeness (QED) is 0.0439. The summed E-state index contributed by atoms with van der Waals surface area (Å²) in [4.78, 5) is 23.3. The molecule has 0 aromatic carbocycles. The maximum absolute atomic E-state index is 12.2. The largest absolute Gasteiger partial charge is 0.465 e. The van der Waals surface area contributed by atoms with Crippen molar-refractivity contribution < 1.29 is 14.7 Å². The number of rotatable bonds is 33. The second-order valence-electron chi connectivity index (χ2n) is 12.8. The van der Waals surface area contributed by atoms with Gasteiger partial charge in [0.2, 0.25) is 0 Å². The number of aldehydes is 1. The highest BCUT2D eigenvalue weighted by atomic mass is 16.4. The summed E-state index contributed by atoms with van der Waals surface area (Å²) in [5.74, 6) is 0. The molecule has 0 aliphatic heterocycles. The molecule has 0 aromatic heterocycles. The molecule has 4 nitrogen and oxygen atoms in total. The summed E-state index contributed by atoms with van der Waals surface area (Å²) >= 11 is 0. The fraction of sp³-hybridized carbons (Fsp3) is 0.750. The highest BCUT2D eigenvalue weighted by Gasteiger charge is 2.29. The Morgan fingerprint density at radius 2 is 0.864 bits per heavy atom. The van der Waals surface area contributed by atoms with Gasteiger partial charge < -0.3 is 15.2 Å². The zero-order valence-corrected chi connectivity index (χ0v) is 29.1. The van der Waals surface area contributed by atoms with E-state index in [1.807, 2.05) is 0 Å². The fourth-order valence-corrected chi connectivity index (χ4v) is 5.64. The Bertz CT molecular complexity index is 704. The van der Waals surface area contributed by atoms with Gasteiger partial charge in [-0.05, 0) is 77.0 Å². The van der Waals surface area contributed by atoms with E-state index in [0.717, 1.165) is 70.5 Å². The summed E-state index contributed by atoms with van der Waals surface area (Å²) in [6.07, 6.45) is 48.7. The first kappa shape index (κ1) is 41.9. The van der Waals surface area contributed by atoms with Gasteiger partial charge in [-0.2, -0.15) is 0 Å². The Morgan fingerprint density at radius 3 is 1.20 bits per heavy atom. The van der Waals surface area contributed by atoms with Gasteiger partial charge in [0.05, 0.1) is 0 Å². The molecule has 0 bridgehead atoms. The number of hydrogen-bond donors (Lipinski definition) is 2. The van der Waals surface area contributed by atoms with Gasteiger partial charge in [-0.1, -0.05) is 152 Å². The van der Waals surface area contributed by atoms with Crippen LogP contribution in [-0.2, 0) is 4.79 Å². The van der Waals surface area contributed by atoms with Crippen LogP contribution < -0.4 is 5.32 Å². The molecule has 0 aromatic rings. The summed E-state index contributed by atoms with van der Waals surface area (Å²) < 4.78 is 0. The van der Waals surface area contributed by atoms with Crippen molar-refractivity contribution >= 4 is 12.4 Å². The van der Waals surface area contributed by atoms with Crippen LogP contribution >= 0.6 is 0 Å². The average molecular weight is 614 g/mol. The Balaban J connectivity index is 3.99. The minimum atomic E-state index is -1.04. The molecule has 0 aliphatic rings. The van der Waals surface area contributed by atoms with Gasteiger partial charge in [-0.3, -0.25) is 0 Å². The van der Waals surface area contributed by atoms with Crippen molar-refractivity contribution in [1.82, 2.24) is 5.32 Å². The fourth-order valence-electron chi connectivity index (χ4n) is 5.64. The molecular weight excluding hydrogens is 542 g/mol. The van der Waals surface area contributed by atoms with Gasteiger partial charge in [-0.15, -0.1) is 0 Å². The molecule has 2 N–H and O–H groups in total. The van der Waals surface area contributed by atoms with Gasteiger partial charge in [-0.25, -0.2) is 4.79 Å². The highest BCUT2D eigenvalue weighted by Crippen LogP contribution is 2.30. The first-order chi connectivity index (χ1) is 21.6. The lowest BCUT2D eigenvalue weighted by atomic mass is 9.79. The Kier molecular flexibility index (Phi) is 32.2. The summed E-state index contributed by atoms with van der Waals surface area (Å²) in [6, 6.07) is 0. The van der Waals surface area contributed by atoms with Gasteiger partial charge >= 0.3 is 6.09 Å². The normalized spacial score (nSPS) is 12.4. The smallest absolute Gasteiger partial charge is 0.404 e. The Labute approximate surface area is 273 Å². The van der Waals surface area contributed by atoms with E-state index in [0.29, 0.717) is 0 Å². The third-order valence-corrected chi connectivity index (χ3v) is 8.59. The average Bonchev–Trinajstić information content (AvgIpc) is 3.02. The topological polar surface area (TPSA) is 66.4 Å². The minimum absolute atomic E-state index is 0.242. The van der Waals surface area contributed by atoms with E-state index in [1.54, 1.807) is 0 Å². The van der Waals surface area contributed by atoms with Crippen LogP contribution in [0.25, 0.3) is 0 Å². The molecule has 0 atom stereocenters. The predicted octanol–water partition coefficient (Wildman–Crippen LogP) is 12.8. The maximum atomic E-state index is 12.2. The van der Waals surface area contributed by atoms with Crippen LogP contribution in [0.5, 0.6) is 0 Å². The zero-order valence-electron chi connectivity index (χ0n) is 29.1. The molecule has 44 heavy (non-hydrogen) atoms. The van der Waals surface area contributed by atoms with E-state index in [9.17, 15) is 9.59 Å². The molecule has 254 valence electrons. The van der Waals surface area contributed by atoms with Crippen molar-refractivity contribution in [2.45, 2.75) is 181 Å². The molecular formula is C40H71NO3. The number of carboxylic acid groups (broad SMARTS) is 1. The van der Waals surface area contributed by atoms with Gasteiger partial charge in [0.1, 0.15) is 6.29 Å². The summed E-state index contributed by atoms with van der Waals surface area (Å²) in [5.41, 5.74) is -0.553. The Hall–Kier alpha value is -2.10. The van der Waals surface area contributed by atoms with Crippen molar-refractivity contribution in [2.24, 2.45) is 5.41 Å². The van der Waals surface area contributed by atoms with Crippen LogP contribution in [0.3, 0.4) is 0 Å². The van der Waals surface area contributed by atoms with Crippen LogP contribution in [0.1, 0.15) is 181 Å². The summed E-state index contributed by atoms with van der Waals surface area (Å²) in [7, 11) is 0. The monoisotopic (exact) mass is 614 g/mol. The molecule has 0 spiro atoms. The molecule has 1 amide bonds. The highest BCUT2D eigenvalue weighted by molar-refractivity contribution is 5.66. The lowest BCUT2D eigenvalue weighted by molar-refractivity contribution is -0.116. The number of carbonyl (C=O) groups excluding carboxylic acids is 1. The lowest BCUT2D eigenvalue weighted by Gasteiger charge is -2.28. The van der Waals surface area contributed by atoms with E-state index in [1.165, 1.54) is 103 Å². The van der Waals surface area contributed by atoms with E-state index in [4.69, 9.17) is 5.11 Å². The van der Waals surface area contributed by atoms with Crippen molar-refractivity contribution in [1.29, 1.82) is 0 Å². The van der Waals surface area contributed by atoms with Crippen molar-refractivity contribution in [2.75, 3.05) is 6.54 Å². The molecule has 0 saturated heterocycles. The number of carbonyl (C=O) groups is 2. The Morgan fingerprint density at radius 1 is 0.523 bits per heavy atom. The van der Waals surface area contributed by atoms with E-state index < -0.39 is 11.5 Å². The van der Waals surface area contributed by atoms with Crippen molar-refractivity contribution in [3.63, 3.8) is 0 Å². The van der Waals surface area contributed by atoms with E-state index in [-0.39, 0.29) is 6.54 Å². The second-order valence-corrected chi connectivity index (χ2v) is 12.8. The first-order valence-electron chi connectivity index (χ1n) is 18.6. The third kappa shape index (κ3) is 29.9. The molecule has 0 saturated carbocycles. The SMILES string of the molecule is CCCCC/C=C\C/C=C\CCCCCCCCC(C=O)(CCCCCCCC/C=C\C/C=C\CCCCC)CNC(=O)O. The van der Waals surface area contributed by atoms with Crippen molar-refractivity contribution in [3.05, 3.63) is 48.6 Å². The van der Waals surface area contributed by atoms with Crippen molar-refractivity contribution in [3.8, 4) is 0 Å². The molecule has 0 heterocycles. The van der Waals surface area contributed by atoms with E-state index >= 15 is 0 Å². The molecule has 0 radical (unpaired) electrons. The first-order valence-corrected chi connectivity index (χ1v) is 18.6. The van der Waals surface area contributed by atoms with Crippen LogP contribution in [-0.4, -0.2) is 24.0 Å². The summed E-state index contributed by atoms with van der Waals surface area (Å²) in [6.45, 7) is 4.73. The summed E-state index contributed by atoms with van der Waals surface area (Å²) in [5, 5.41) is 11.7. The van der Waals surface area contributed by atoms with Gasteiger partial charge in [0, 0.05) is 12.0 Å². The van der Waals surface area contributed by atoms with E-state index in [2.05, 4.69) is 67.8 Å². The molecule has 0 fully saturated rings.